The van der Waals surface area contributed by atoms with Gasteiger partial charge in [0.1, 0.15) is 7.05 Å². The van der Waals surface area contributed by atoms with E-state index in [0.29, 0.717) is 0 Å². The molecule has 2 heteroatoms. The van der Waals surface area contributed by atoms with E-state index in [1.165, 1.54) is 0 Å². The Morgan fingerprint density at radius 2 is 2.40 bits per heavy atom. The zero-order chi connectivity index (χ0) is 4.12. The minimum Gasteiger partial charge on any atom is -0.164 e. The molecule has 0 aromatic heterocycles. The SMILES string of the molecule is C[C-]=[N+]=NC. The zero-order valence-electron chi connectivity index (χ0n) is 3.39. The van der Waals surface area contributed by atoms with Crippen LogP contribution in [0, 0.1) is 0 Å². The molecule has 5 heavy (non-hydrogen) atoms. The van der Waals surface area contributed by atoms with Crippen LogP contribution in [0.3, 0.4) is 0 Å². The summed E-state index contributed by atoms with van der Waals surface area (Å²) in [6, 6.07) is 0. The van der Waals surface area contributed by atoms with Gasteiger partial charge in [0, 0.05) is 5.11 Å². The zero-order valence-corrected chi connectivity index (χ0v) is 3.39. The Balaban J connectivity index is 3.26. The highest BCUT2D eigenvalue weighted by molar-refractivity contribution is 5.45. The van der Waals surface area contributed by atoms with E-state index in [-0.39, 0.29) is 0 Å². The lowest BCUT2D eigenvalue weighted by atomic mass is 10.9. The highest BCUT2D eigenvalue weighted by Gasteiger charge is 1.39. The average molecular weight is 70.1 g/mol. The van der Waals surface area contributed by atoms with Crippen molar-refractivity contribution in [1.29, 1.82) is 0 Å². The second kappa shape index (κ2) is 3.38. The molecule has 0 heterocycles. The monoisotopic (exact) mass is 70.1 g/mol. The van der Waals surface area contributed by atoms with E-state index in [1.54, 1.807) is 14.0 Å². The first-order chi connectivity index (χ1) is 2.41. The van der Waals surface area contributed by atoms with E-state index in [4.69, 9.17) is 0 Å². The van der Waals surface area contributed by atoms with E-state index in [0.717, 1.165) is 0 Å². The van der Waals surface area contributed by atoms with Crippen molar-refractivity contribution in [1.82, 2.24) is 0 Å². The maximum absolute atomic E-state index is 3.37. The van der Waals surface area contributed by atoms with Crippen LogP contribution in [0.2, 0.25) is 0 Å². The van der Waals surface area contributed by atoms with E-state index >= 15 is 0 Å². The van der Waals surface area contributed by atoms with Gasteiger partial charge in [-0.05, 0) is 6.21 Å². The Morgan fingerprint density at radius 3 is 2.40 bits per heavy atom. The predicted octanol–water partition coefficient (Wildman–Crippen LogP) is 0.244. The quantitative estimate of drug-likeness (QED) is 0.169. The molecular formula is C3H6N2. The molecule has 0 bridgehead atoms. The molecule has 0 N–H and O–H groups in total. The third-order valence-corrected chi connectivity index (χ3v) is 0.200. The molecule has 28 valence electrons. The van der Waals surface area contributed by atoms with Gasteiger partial charge in [-0.15, -0.1) is 6.92 Å². The standard InChI is InChI=1S/C3H6N2/c1-3-5-4-2/h1-2H3. The van der Waals surface area contributed by atoms with Gasteiger partial charge in [-0.1, -0.05) is 0 Å². The first-order valence-electron chi connectivity index (χ1n) is 1.37. The second-order valence-corrected chi connectivity index (χ2v) is 0.524. The van der Waals surface area contributed by atoms with Crippen molar-refractivity contribution in [3.05, 3.63) is 0 Å². The molecule has 2 nitrogen and oxygen atoms in total. The second-order valence-electron chi connectivity index (χ2n) is 0.524. The van der Waals surface area contributed by atoms with Crippen molar-refractivity contribution < 1.29 is 4.79 Å². The van der Waals surface area contributed by atoms with Crippen molar-refractivity contribution in [2.24, 2.45) is 5.11 Å². The summed E-state index contributed by atoms with van der Waals surface area (Å²) in [7, 11) is 1.61. The average Bonchev–Trinajstić information content (AvgIpc) is 1.41. The van der Waals surface area contributed by atoms with Crippen LogP contribution in [0.25, 0.3) is 0 Å². The van der Waals surface area contributed by atoms with E-state index in [1.807, 2.05) is 0 Å². The van der Waals surface area contributed by atoms with Crippen LogP contribution in [-0.2, 0) is 0 Å². The number of rotatable bonds is 0. The van der Waals surface area contributed by atoms with E-state index in [9.17, 15) is 0 Å². The Hall–Kier alpha value is -0.620. The molecule has 0 aliphatic carbocycles. The van der Waals surface area contributed by atoms with Gasteiger partial charge in [0.25, 0.3) is 0 Å². The maximum atomic E-state index is 3.37. The van der Waals surface area contributed by atoms with Gasteiger partial charge in [0.05, 0.1) is 0 Å². The minimum atomic E-state index is 1.61. The fraction of sp³-hybridized carbons (Fsp3) is 0.667. The molecule has 0 fully saturated rings. The van der Waals surface area contributed by atoms with Gasteiger partial charge in [0.15, 0.2) is 0 Å². The Bertz CT molecular complexity index is 53.3. The summed E-state index contributed by atoms with van der Waals surface area (Å²) in [6.45, 7) is 1.70. The lowest BCUT2D eigenvalue weighted by molar-refractivity contribution is -0.0779. The predicted molar refractivity (Wildman–Crippen MR) is 19.3 cm³/mol. The van der Waals surface area contributed by atoms with Gasteiger partial charge < -0.3 is 0 Å². The molecule has 0 unspecified atom stereocenters. The summed E-state index contributed by atoms with van der Waals surface area (Å²) >= 11 is 0. The van der Waals surface area contributed by atoms with Crippen LogP contribution in [-0.4, -0.2) is 18.1 Å². The molecule has 0 saturated heterocycles. The van der Waals surface area contributed by atoms with Crippen LogP contribution in [0.1, 0.15) is 6.92 Å². The number of hydrogen-bond donors (Lipinski definition) is 0. The first kappa shape index (κ1) is 4.38. The third-order valence-electron chi connectivity index (χ3n) is 0.200. The van der Waals surface area contributed by atoms with Gasteiger partial charge in [-0.25, -0.2) is 0 Å². The highest BCUT2D eigenvalue weighted by Crippen LogP contribution is 1.33. The fourth-order valence-corrected chi connectivity index (χ4v) is 0.100. The third kappa shape index (κ3) is 3.38. The van der Waals surface area contributed by atoms with Gasteiger partial charge in [-0.3, -0.25) is 0 Å². The van der Waals surface area contributed by atoms with Crippen LogP contribution >= 0.6 is 0 Å². The summed E-state index contributed by atoms with van der Waals surface area (Å²) in [5.41, 5.74) is 0. The van der Waals surface area contributed by atoms with Gasteiger partial charge in [-0.2, -0.15) is 4.79 Å². The normalized spacial score (nSPS) is 5.20. The van der Waals surface area contributed by atoms with Gasteiger partial charge in [0.2, 0.25) is 0 Å². The molecule has 0 aromatic carbocycles. The molecule has 0 amide bonds. The molecule has 0 saturated carbocycles. The molecule has 0 spiro atoms. The smallest absolute Gasteiger partial charge is 0.105 e. The molecule has 0 aliphatic rings. The van der Waals surface area contributed by atoms with Gasteiger partial charge >= 0.3 is 0 Å². The van der Waals surface area contributed by atoms with Crippen molar-refractivity contribution in [2.45, 2.75) is 6.92 Å². The summed E-state index contributed by atoms with van der Waals surface area (Å²) in [6.07, 6.45) is 2.48. The Kier molecular flexibility index (Phi) is 2.96. The molecule has 0 atom stereocenters. The number of hydrogen-bond acceptors (Lipinski definition) is 1. The summed E-state index contributed by atoms with van der Waals surface area (Å²) < 4.78 is 0. The molecule has 0 rings (SSSR count). The highest BCUT2D eigenvalue weighted by atomic mass is 15.0. The van der Waals surface area contributed by atoms with Crippen molar-refractivity contribution in [3.8, 4) is 0 Å². The largest absolute Gasteiger partial charge is 0.164 e. The molecule has 0 aromatic rings. The van der Waals surface area contributed by atoms with E-state index < -0.39 is 0 Å². The molecular weight excluding hydrogens is 64.0 g/mol. The van der Waals surface area contributed by atoms with Crippen LogP contribution in [0.15, 0.2) is 5.11 Å². The fourth-order valence-electron chi connectivity index (χ4n) is 0.100. The Labute approximate surface area is 31.3 Å². The van der Waals surface area contributed by atoms with Crippen LogP contribution in [0.5, 0.6) is 0 Å². The van der Waals surface area contributed by atoms with Crippen LogP contribution in [0.4, 0.5) is 0 Å². The topological polar surface area (TPSA) is 26.5 Å². The summed E-state index contributed by atoms with van der Waals surface area (Å²) in [4.78, 5) is 3.35. The minimum absolute atomic E-state index is 1.61. The lowest BCUT2D eigenvalue weighted by Gasteiger charge is -1.46. The molecule has 0 aliphatic heterocycles. The lowest BCUT2D eigenvalue weighted by Crippen LogP contribution is -1.56. The van der Waals surface area contributed by atoms with Crippen molar-refractivity contribution in [2.75, 3.05) is 7.05 Å². The van der Waals surface area contributed by atoms with Crippen molar-refractivity contribution in [3.63, 3.8) is 0 Å². The maximum Gasteiger partial charge on any atom is 0.105 e. The molecule has 0 radical (unpaired) electrons. The van der Waals surface area contributed by atoms with E-state index in [2.05, 4.69) is 16.1 Å². The first-order valence-corrected chi connectivity index (χ1v) is 1.37. The summed E-state index contributed by atoms with van der Waals surface area (Å²) in [5.74, 6) is 0. The number of nitrogens with zero attached hydrogens (tertiary/aromatic N) is 2. The Morgan fingerprint density at radius 1 is 1.80 bits per heavy atom. The summed E-state index contributed by atoms with van der Waals surface area (Å²) in [5, 5.41) is 3.37. The van der Waals surface area contributed by atoms with Crippen molar-refractivity contribution >= 4 is 6.21 Å². The van der Waals surface area contributed by atoms with Crippen LogP contribution < -0.4 is 0 Å².